The molecule has 0 bridgehead atoms. The molecule has 21 heavy (non-hydrogen) atoms. The van der Waals surface area contributed by atoms with Gasteiger partial charge in [-0.25, -0.2) is 4.98 Å². The van der Waals surface area contributed by atoms with E-state index < -0.39 is 5.41 Å². The normalized spacial score (nSPS) is 11.4. The molecule has 0 aliphatic rings. The predicted molar refractivity (Wildman–Crippen MR) is 84.1 cm³/mol. The van der Waals surface area contributed by atoms with Gasteiger partial charge in [0.05, 0.1) is 6.54 Å². The lowest BCUT2D eigenvalue weighted by Crippen LogP contribution is -2.35. The third kappa shape index (κ3) is 4.33. The van der Waals surface area contributed by atoms with E-state index in [1.807, 2.05) is 55.8 Å². The van der Waals surface area contributed by atoms with Gasteiger partial charge in [0.2, 0.25) is 5.91 Å². The summed E-state index contributed by atoms with van der Waals surface area (Å²) in [5.74, 6) is 0.853. The van der Waals surface area contributed by atoms with E-state index in [0.29, 0.717) is 13.1 Å². The van der Waals surface area contributed by atoms with Crippen molar-refractivity contribution in [2.75, 3.05) is 0 Å². The zero-order chi connectivity index (χ0) is 15.5. The lowest BCUT2D eigenvalue weighted by molar-refractivity contribution is -0.128. The van der Waals surface area contributed by atoms with E-state index in [0.717, 1.165) is 16.4 Å². The quantitative estimate of drug-likeness (QED) is 0.942. The maximum atomic E-state index is 11.9. The van der Waals surface area contributed by atoms with Crippen LogP contribution in [0.2, 0.25) is 5.02 Å². The summed E-state index contributed by atoms with van der Waals surface area (Å²) < 4.78 is 2.02. The van der Waals surface area contributed by atoms with Crippen LogP contribution in [0.5, 0.6) is 0 Å². The minimum Gasteiger partial charge on any atom is -0.348 e. The van der Waals surface area contributed by atoms with Gasteiger partial charge < -0.3 is 9.88 Å². The van der Waals surface area contributed by atoms with Gasteiger partial charge in [0.1, 0.15) is 5.82 Å². The zero-order valence-corrected chi connectivity index (χ0v) is 13.3. The summed E-state index contributed by atoms with van der Waals surface area (Å²) in [6, 6.07) is 7.71. The molecule has 5 heteroatoms. The third-order valence-electron chi connectivity index (χ3n) is 3.16. The fourth-order valence-electron chi connectivity index (χ4n) is 1.86. The first-order chi connectivity index (χ1) is 9.86. The van der Waals surface area contributed by atoms with Crippen molar-refractivity contribution in [3.8, 4) is 0 Å². The minimum atomic E-state index is -0.395. The number of imidazole rings is 1. The van der Waals surface area contributed by atoms with Crippen LogP contribution in [0.3, 0.4) is 0 Å². The van der Waals surface area contributed by atoms with Crippen LogP contribution in [0.25, 0.3) is 0 Å². The molecular formula is C16H20ClN3O. The van der Waals surface area contributed by atoms with E-state index in [1.165, 1.54) is 0 Å². The van der Waals surface area contributed by atoms with Gasteiger partial charge in [0, 0.05) is 29.4 Å². The Kier molecular flexibility index (Phi) is 4.68. The first-order valence-corrected chi connectivity index (χ1v) is 7.27. The molecule has 0 saturated heterocycles. The summed E-state index contributed by atoms with van der Waals surface area (Å²) in [6.07, 6.45) is 3.65. The van der Waals surface area contributed by atoms with E-state index >= 15 is 0 Å². The molecule has 1 aromatic heterocycles. The fraction of sp³-hybridized carbons (Fsp3) is 0.375. The van der Waals surface area contributed by atoms with Gasteiger partial charge in [-0.05, 0) is 17.7 Å². The molecule has 0 radical (unpaired) electrons. The number of nitrogens with zero attached hydrogens (tertiary/aromatic N) is 2. The number of halogens is 1. The van der Waals surface area contributed by atoms with Gasteiger partial charge in [0.15, 0.2) is 0 Å². The molecule has 0 unspecified atom stereocenters. The molecular weight excluding hydrogens is 286 g/mol. The van der Waals surface area contributed by atoms with Gasteiger partial charge in [-0.3, -0.25) is 4.79 Å². The number of benzene rings is 1. The number of amides is 1. The smallest absolute Gasteiger partial charge is 0.225 e. The molecule has 0 fully saturated rings. The van der Waals surface area contributed by atoms with Crippen molar-refractivity contribution >= 4 is 17.5 Å². The maximum Gasteiger partial charge on any atom is 0.225 e. The Bertz CT molecular complexity index is 611. The van der Waals surface area contributed by atoms with Crippen LogP contribution in [0.15, 0.2) is 36.7 Å². The molecule has 1 amide bonds. The monoisotopic (exact) mass is 305 g/mol. The van der Waals surface area contributed by atoms with E-state index in [1.54, 1.807) is 6.20 Å². The van der Waals surface area contributed by atoms with Crippen LogP contribution in [-0.2, 0) is 17.9 Å². The summed E-state index contributed by atoms with van der Waals surface area (Å²) >= 11 is 5.89. The van der Waals surface area contributed by atoms with Crippen molar-refractivity contribution in [1.29, 1.82) is 0 Å². The number of hydrogen-bond acceptors (Lipinski definition) is 2. The second-order valence-electron chi connectivity index (χ2n) is 6.03. The Hall–Kier alpha value is -1.81. The van der Waals surface area contributed by atoms with Crippen molar-refractivity contribution in [3.63, 3.8) is 0 Å². The predicted octanol–water partition coefficient (Wildman–Crippen LogP) is 3.25. The molecule has 4 nitrogen and oxygen atoms in total. The van der Waals surface area contributed by atoms with Gasteiger partial charge >= 0.3 is 0 Å². The number of hydrogen-bond donors (Lipinski definition) is 1. The fourth-order valence-corrected chi connectivity index (χ4v) is 1.99. The van der Waals surface area contributed by atoms with Crippen LogP contribution < -0.4 is 5.32 Å². The van der Waals surface area contributed by atoms with Crippen LogP contribution in [0.4, 0.5) is 0 Å². The average molecular weight is 306 g/mol. The van der Waals surface area contributed by atoms with E-state index in [2.05, 4.69) is 10.3 Å². The van der Waals surface area contributed by atoms with Crippen molar-refractivity contribution in [2.45, 2.75) is 33.9 Å². The first kappa shape index (κ1) is 15.6. The lowest BCUT2D eigenvalue weighted by Gasteiger charge is -2.17. The highest BCUT2D eigenvalue weighted by Gasteiger charge is 2.21. The van der Waals surface area contributed by atoms with Crippen LogP contribution >= 0.6 is 11.6 Å². The highest BCUT2D eigenvalue weighted by molar-refractivity contribution is 6.30. The van der Waals surface area contributed by atoms with Gasteiger partial charge in [-0.15, -0.1) is 0 Å². The summed E-state index contributed by atoms with van der Waals surface area (Å²) in [6.45, 7) is 6.81. The largest absolute Gasteiger partial charge is 0.348 e. The molecule has 2 rings (SSSR count). The van der Waals surface area contributed by atoms with E-state index in [4.69, 9.17) is 11.6 Å². The zero-order valence-electron chi connectivity index (χ0n) is 12.6. The Morgan fingerprint density at radius 1 is 1.29 bits per heavy atom. The maximum absolute atomic E-state index is 11.9. The summed E-state index contributed by atoms with van der Waals surface area (Å²) in [5.41, 5.74) is 0.744. The standard InChI is InChI=1S/C16H20ClN3O/c1-16(2,3)15(21)19-10-14-18-8-9-20(14)11-12-4-6-13(17)7-5-12/h4-9H,10-11H2,1-3H3,(H,19,21). The highest BCUT2D eigenvalue weighted by Crippen LogP contribution is 2.14. The Morgan fingerprint density at radius 2 is 1.95 bits per heavy atom. The summed E-state index contributed by atoms with van der Waals surface area (Å²) in [7, 11) is 0. The van der Waals surface area contributed by atoms with Crippen LogP contribution in [0.1, 0.15) is 32.2 Å². The first-order valence-electron chi connectivity index (χ1n) is 6.89. The Labute approximate surface area is 130 Å². The average Bonchev–Trinajstić information content (AvgIpc) is 2.85. The van der Waals surface area contributed by atoms with E-state index in [-0.39, 0.29) is 5.91 Å². The number of carbonyl (C=O) groups excluding carboxylic acids is 1. The molecule has 1 N–H and O–H groups in total. The molecule has 0 aliphatic heterocycles. The molecule has 0 atom stereocenters. The second-order valence-corrected chi connectivity index (χ2v) is 6.47. The molecule has 2 aromatic rings. The molecule has 1 heterocycles. The van der Waals surface area contributed by atoms with Crippen molar-refractivity contribution in [2.24, 2.45) is 5.41 Å². The third-order valence-corrected chi connectivity index (χ3v) is 3.41. The van der Waals surface area contributed by atoms with E-state index in [9.17, 15) is 4.79 Å². The highest BCUT2D eigenvalue weighted by atomic mass is 35.5. The number of nitrogens with one attached hydrogen (secondary N) is 1. The molecule has 0 saturated carbocycles. The van der Waals surface area contributed by atoms with Gasteiger partial charge in [-0.2, -0.15) is 0 Å². The van der Waals surface area contributed by atoms with Crippen molar-refractivity contribution in [1.82, 2.24) is 14.9 Å². The number of carbonyl (C=O) groups is 1. The summed E-state index contributed by atoms with van der Waals surface area (Å²) in [4.78, 5) is 16.2. The topological polar surface area (TPSA) is 46.9 Å². The molecule has 1 aromatic carbocycles. The van der Waals surface area contributed by atoms with Crippen LogP contribution in [0, 0.1) is 5.41 Å². The Balaban J connectivity index is 2.02. The van der Waals surface area contributed by atoms with Gasteiger partial charge in [0.25, 0.3) is 0 Å². The van der Waals surface area contributed by atoms with Crippen molar-refractivity contribution in [3.05, 3.63) is 53.1 Å². The van der Waals surface area contributed by atoms with Crippen molar-refractivity contribution < 1.29 is 4.79 Å². The molecule has 0 aliphatic carbocycles. The minimum absolute atomic E-state index is 0.0172. The second kappa shape index (κ2) is 6.31. The Morgan fingerprint density at radius 3 is 2.57 bits per heavy atom. The SMILES string of the molecule is CC(C)(C)C(=O)NCc1nccn1Cc1ccc(Cl)cc1. The number of rotatable bonds is 4. The lowest BCUT2D eigenvalue weighted by atomic mass is 9.96. The number of aromatic nitrogens is 2. The van der Waals surface area contributed by atoms with Crippen LogP contribution in [-0.4, -0.2) is 15.5 Å². The van der Waals surface area contributed by atoms with Gasteiger partial charge in [-0.1, -0.05) is 44.5 Å². The summed E-state index contributed by atoms with van der Waals surface area (Å²) in [5, 5.41) is 3.64. The molecule has 112 valence electrons. The molecule has 0 spiro atoms.